The van der Waals surface area contributed by atoms with E-state index in [2.05, 4.69) is 31.2 Å². The minimum Gasteiger partial charge on any atom is -0.383 e. The van der Waals surface area contributed by atoms with Crippen molar-refractivity contribution in [2.24, 2.45) is 7.05 Å². The average Bonchev–Trinajstić information content (AvgIpc) is 3.06. The van der Waals surface area contributed by atoms with Gasteiger partial charge in [-0.05, 0) is 28.1 Å². The van der Waals surface area contributed by atoms with Crippen LogP contribution in [0.4, 0.5) is 5.82 Å². The molecule has 0 aliphatic rings. The lowest BCUT2D eigenvalue weighted by Crippen LogP contribution is -1.98. The maximum absolute atomic E-state index is 5.89. The summed E-state index contributed by atoms with van der Waals surface area (Å²) in [5.41, 5.74) is 6.54. The van der Waals surface area contributed by atoms with Crippen molar-refractivity contribution in [2.45, 2.75) is 10.6 Å². The number of nitrogens with two attached hydrogens (primary N) is 1. The Morgan fingerprint density at radius 3 is 2.90 bits per heavy atom. The summed E-state index contributed by atoms with van der Waals surface area (Å²) < 4.78 is 7.86. The van der Waals surface area contributed by atoms with Crippen molar-refractivity contribution in [1.82, 2.24) is 19.9 Å². The first-order chi connectivity index (χ1) is 10.1. The Kier molecular flexibility index (Phi) is 3.98. The highest BCUT2D eigenvalue weighted by Crippen LogP contribution is 2.30. The number of rotatable bonds is 4. The van der Waals surface area contributed by atoms with Crippen LogP contribution in [0, 0.1) is 0 Å². The molecule has 8 heteroatoms. The topological polar surface area (TPSA) is 82.8 Å². The predicted octanol–water partition coefficient (Wildman–Crippen LogP) is 3.11. The van der Waals surface area contributed by atoms with Crippen molar-refractivity contribution < 1.29 is 4.52 Å². The molecule has 0 saturated heterocycles. The summed E-state index contributed by atoms with van der Waals surface area (Å²) in [5.74, 6) is 2.13. The number of anilines is 1. The van der Waals surface area contributed by atoms with Gasteiger partial charge >= 0.3 is 0 Å². The summed E-state index contributed by atoms with van der Waals surface area (Å²) in [7, 11) is 1.76. The van der Waals surface area contributed by atoms with Crippen molar-refractivity contribution in [2.75, 3.05) is 5.73 Å². The van der Waals surface area contributed by atoms with Crippen LogP contribution in [-0.2, 0) is 12.8 Å². The fourth-order valence-corrected chi connectivity index (χ4v) is 3.15. The minimum atomic E-state index is 0.392. The molecule has 1 aromatic carbocycles. The van der Waals surface area contributed by atoms with E-state index in [1.807, 2.05) is 24.3 Å². The largest absolute Gasteiger partial charge is 0.383 e. The van der Waals surface area contributed by atoms with Gasteiger partial charge in [0.2, 0.25) is 0 Å². The number of benzene rings is 1. The zero-order chi connectivity index (χ0) is 14.8. The van der Waals surface area contributed by atoms with Crippen LogP contribution in [0.5, 0.6) is 0 Å². The molecular formula is C13H12BrN5OS. The summed E-state index contributed by atoms with van der Waals surface area (Å²) in [5, 5.41) is 8.03. The van der Waals surface area contributed by atoms with Crippen molar-refractivity contribution in [3.8, 4) is 11.5 Å². The molecule has 0 aliphatic carbocycles. The fourth-order valence-electron chi connectivity index (χ4n) is 1.74. The molecule has 2 aromatic heterocycles. The second kappa shape index (κ2) is 5.90. The zero-order valence-corrected chi connectivity index (χ0v) is 13.6. The van der Waals surface area contributed by atoms with E-state index in [0.29, 0.717) is 28.8 Å². The molecule has 0 saturated carbocycles. The van der Waals surface area contributed by atoms with Crippen LogP contribution in [0.15, 0.2) is 44.4 Å². The molecule has 3 rings (SSSR count). The smallest absolute Gasteiger partial charge is 0.263 e. The molecule has 0 bridgehead atoms. The third-order valence-corrected chi connectivity index (χ3v) is 4.90. The SMILES string of the molecule is Cn1ncc(-c2nc(CSc3ccccc3Br)no2)c1N. The van der Waals surface area contributed by atoms with Crippen LogP contribution in [0.1, 0.15) is 5.82 Å². The van der Waals surface area contributed by atoms with E-state index in [9.17, 15) is 0 Å². The van der Waals surface area contributed by atoms with Crippen molar-refractivity contribution >= 4 is 33.5 Å². The Labute approximate surface area is 133 Å². The van der Waals surface area contributed by atoms with Gasteiger partial charge in [0.15, 0.2) is 5.82 Å². The number of nitrogen functional groups attached to an aromatic ring is 1. The Hall–Kier alpha value is -1.80. The second-order valence-corrected chi connectivity index (χ2v) is 6.17. The molecule has 0 aliphatic heterocycles. The van der Waals surface area contributed by atoms with Gasteiger partial charge in [0, 0.05) is 16.4 Å². The Balaban J connectivity index is 1.74. The molecule has 2 N–H and O–H groups in total. The normalized spacial score (nSPS) is 11.0. The minimum absolute atomic E-state index is 0.392. The van der Waals surface area contributed by atoms with Crippen LogP contribution in [0.3, 0.4) is 0 Å². The third-order valence-electron chi connectivity index (χ3n) is 2.88. The highest BCUT2D eigenvalue weighted by molar-refractivity contribution is 9.10. The van der Waals surface area contributed by atoms with Gasteiger partial charge in [0.25, 0.3) is 5.89 Å². The molecule has 6 nitrogen and oxygen atoms in total. The van der Waals surface area contributed by atoms with E-state index in [1.54, 1.807) is 29.7 Å². The number of nitrogens with zero attached hydrogens (tertiary/aromatic N) is 4. The van der Waals surface area contributed by atoms with Crippen LogP contribution < -0.4 is 5.73 Å². The van der Waals surface area contributed by atoms with Gasteiger partial charge in [-0.1, -0.05) is 17.3 Å². The molecular weight excluding hydrogens is 354 g/mol. The lowest BCUT2D eigenvalue weighted by atomic mass is 10.3. The van der Waals surface area contributed by atoms with Gasteiger partial charge in [-0.15, -0.1) is 11.8 Å². The van der Waals surface area contributed by atoms with Crippen molar-refractivity contribution in [3.63, 3.8) is 0 Å². The van der Waals surface area contributed by atoms with Gasteiger partial charge in [0.1, 0.15) is 11.4 Å². The number of hydrogen-bond donors (Lipinski definition) is 1. The van der Waals surface area contributed by atoms with E-state index in [-0.39, 0.29) is 0 Å². The average molecular weight is 366 g/mol. The first kappa shape index (κ1) is 14.2. The molecule has 21 heavy (non-hydrogen) atoms. The summed E-state index contributed by atoms with van der Waals surface area (Å²) in [6.45, 7) is 0. The lowest BCUT2D eigenvalue weighted by Gasteiger charge is -2.00. The summed E-state index contributed by atoms with van der Waals surface area (Å²) in [6.07, 6.45) is 1.62. The van der Waals surface area contributed by atoms with E-state index in [4.69, 9.17) is 10.3 Å². The quantitative estimate of drug-likeness (QED) is 0.715. The summed E-state index contributed by atoms with van der Waals surface area (Å²) in [4.78, 5) is 5.48. The lowest BCUT2D eigenvalue weighted by molar-refractivity contribution is 0.425. The number of halogens is 1. The molecule has 0 amide bonds. The fraction of sp³-hybridized carbons (Fsp3) is 0.154. The molecule has 3 aromatic rings. The van der Waals surface area contributed by atoms with E-state index in [1.165, 1.54) is 0 Å². The summed E-state index contributed by atoms with van der Waals surface area (Å²) in [6, 6.07) is 8.01. The van der Waals surface area contributed by atoms with Crippen molar-refractivity contribution in [3.05, 3.63) is 40.8 Å². The number of hydrogen-bond acceptors (Lipinski definition) is 6. The van der Waals surface area contributed by atoms with Gasteiger partial charge in [-0.25, -0.2) is 0 Å². The van der Waals surface area contributed by atoms with Gasteiger partial charge in [0.05, 0.1) is 11.9 Å². The number of aromatic nitrogens is 4. The van der Waals surface area contributed by atoms with Gasteiger partial charge < -0.3 is 10.3 Å². The molecule has 2 heterocycles. The molecule has 0 unspecified atom stereocenters. The first-order valence-electron chi connectivity index (χ1n) is 6.13. The molecule has 0 radical (unpaired) electrons. The first-order valence-corrected chi connectivity index (χ1v) is 7.91. The second-order valence-electron chi connectivity index (χ2n) is 4.30. The Morgan fingerprint density at radius 2 is 2.19 bits per heavy atom. The number of aryl methyl sites for hydroxylation is 1. The summed E-state index contributed by atoms with van der Waals surface area (Å²) >= 11 is 5.15. The van der Waals surface area contributed by atoms with E-state index < -0.39 is 0 Å². The highest BCUT2D eigenvalue weighted by Gasteiger charge is 2.15. The third kappa shape index (κ3) is 2.96. The standard InChI is InChI=1S/C13H12BrN5OS/c1-19-12(15)8(6-16-19)13-17-11(18-20-13)7-21-10-5-3-2-4-9(10)14/h2-6H,7,15H2,1H3. The highest BCUT2D eigenvalue weighted by atomic mass is 79.9. The van der Waals surface area contributed by atoms with Gasteiger partial charge in [-0.2, -0.15) is 10.1 Å². The monoisotopic (exact) mass is 365 g/mol. The van der Waals surface area contributed by atoms with Crippen molar-refractivity contribution in [1.29, 1.82) is 0 Å². The molecule has 0 atom stereocenters. The molecule has 108 valence electrons. The predicted molar refractivity (Wildman–Crippen MR) is 84.6 cm³/mol. The number of thioether (sulfide) groups is 1. The molecule has 0 fully saturated rings. The van der Waals surface area contributed by atoms with Crippen LogP contribution in [0.25, 0.3) is 11.5 Å². The Bertz CT molecular complexity index is 770. The maximum Gasteiger partial charge on any atom is 0.263 e. The van der Waals surface area contributed by atoms with Crippen LogP contribution in [-0.4, -0.2) is 19.9 Å². The van der Waals surface area contributed by atoms with Gasteiger partial charge in [-0.3, -0.25) is 4.68 Å². The van der Waals surface area contributed by atoms with Crippen LogP contribution >= 0.6 is 27.7 Å². The maximum atomic E-state index is 5.89. The van der Waals surface area contributed by atoms with E-state index in [0.717, 1.165) is 9.37 Å². The zero-order valence-electron chi connectivity index (χ0n) is 11.2. The molecule has 0 spiro atoms. The Morgan fingerprint density at radius 1 is 1.38 bits per heavy atom. The van der Waals surface area contributed by atoms with E-state index >= 15 is 0 Å². The van der Waals surface area contributed by atoms with Crippen LogP contribution in [0.2, 0.25) is 0 Å².